The van der Waals surface area contributed by atoms with Crippen molar-refractivity contribution in [1.29, 1.82) is 0 Å². The summed E-state index contributed by atoms with van der Waals surface area (Å²) in [6, 6.07) is 10.3. The van der Waals surface area contributed by atoms with E-state index < -0.39 is 10.0 Å². The minimum Gasteiger partial charge on any atom is -0.506 e. The van der Waals surface area contributed by atoms with Crippen LogP contribution in [-0.4, -0.2) is 26.5 Å². The monoisotopic (exact) mass is 336 g/mol. The molecule has 7 nitrogen and oxygen atoms in total. The lowest BCUT2D eigenvalue weighted by Crippen LogP contribution is -2.13. The Balaban J connectivity index is 2.39. The topological polar surface area (TPSA) is 105 Å². The van der Waals surface area contributed by atoms with E-state index in [1.54, 1.807) is 18.2 Å². The van der Waals surface area contributed by atoms with Gasteiger partial charge in [-0.25, -0.2) is 8.42 Å². The second kappa shape index (κ2) is 6.57. The van der Waals surface area contributed by atoms with Gasteiger partial charge in [-0.2, -0.15) is 0 Å². The Morgan fingerprint density at radius 2 is 1.78 bits per heavy atom. The lowest BCUT2D eigenvalue weighted by atomic mass is 10.2. The number of aromatic hydroxyl groups is 1. The van der Waals surface area contributed by atoms with Crippen LogP contribution in [0.2, 0.25) is 0 Å². The summed E-state index contributed by atoms with van der Waals surface area (Å²) in [6.07, 6.45) is 0. The van der Waals surface area contributed by atoms with Crippen molar-refractivity contribution < 1.29 is 23.1 Å². The number of amides is 1. The third-order valence-electron chi connectivity index (χ3n) is 2.93. The summed E-state index contributed by atoms with van der Waals surface area (Å²) in [6.45, 7) is 1.31. The molecular weight excluding hydrogens is 320 g/mol. The van der Waals surface area contributed by atoms with Crippen LogP contribution in [0.25, 0.3) is 0 Å². The Morgan fingerprint density at radius 3 is 2.35 bits per heavy atom. The molecule has 0 heterocycles. The number of sulfonamides is 1. The van der Waals surface area contributed by atoms with Gasteiger partial charge in [0, 0.05) is 19.1 Å². The van der Waals surface area contributed by atoms with Crippen molar-refractivity contribution in [2.45, 2.75) is 11.8 Å². The van der Waals surface area contributed by atoms with Crippen LogP contribution in [0.3, 0.4) is 0 Å². The van der Waals surface area contributed by atoms with Gasteiger partial charge in [0.05, 0.1) is 23.4 Å². The summed E-state index contributed by atoms with van der Waals surface area (Å²) in [5.41, 5.74) is 0.181. The van der Waals surface area contributed by atoms with E-state index in [1.807, 2.05) is 0 Å². The Hall–Kier alpha value is -2.74. The predicted molar refractivity (Wildman–Crippen MR) is 86.2 cm³/mol. The quantitative estimate of drug-likeness (QED) is 0.726. The smallest absolute Gasteiger partial charge is 0.262 e. The number of phenolic OH excluding ortho intramolecular Hbond substituents is 1. The molecule has 0 spiro atoms. The van der Waals surface area contributed by atoms with Crippen LogP contribution in [0.5, 0.6) is 11.5 Å². The molecule has 0 aliphatic rings. The standard InChI is InChI=1S/C15H16N2O5S/c1-10(18)16-13-8-14(19)12(9-15(13)22-2)17-23(20,21)11-6-4-3-5-7-11/h3-9,17,19H,1-2H3,(H,16,18). The van der Waals surface area contributed by atoms with Crippen molar-refractivity contribution >= 4 is 27.3 Å². The summed E-state index contributed by atoms with van der Waals surface area (Å²) in [5.74, 6) is -0.474. The average molecular weight is 336 g/mol. The highest BCUT2D eigenvalue weighted by Gasteiger charge is 2.18. The van der Waals surface area contributed by atoms with Crippen LogP contribution in [0.4, 0.5) is 11.4 Å². The SMILES string of the molecule is COc1cc(NS(=O)(=O)c2ccccc2)c(O)cc1NC(C)=O. The number of carbonyl (C=O) groups excluding carboxylic acids is 1. The van der Waals surface area contributed by atoms with E-state index in [0.717, 1.165) is 0 Å². The molecule has 122 valence electrons. The van der Waals surface area contributed by atoms with Crippen LogP contribution in [0.15, 0.2) is 47.4 Å². The summed E-state index contributed by atoms with van der Waals surface area (Å²) < 4.78 is 32.0. The lowest BCUT2D eigenvalue weighted by Gasteiger charge is -2.14. The summed E-state index contributed by atoms with van der Waals surface area (Å²) in [7, 11) is -2.48. The molecule has 0 bridgehead atoms. The largest absolute Gasteiger partial charge is 0.506 e. The van der Waals surface area contributed by atoms with Gasteiger partial charge < -0.3 is 15.2 Å². The van der Waals surface area contributed by atoms with E-state index in [-0.39, 0.29) is 33.7 Å². The van der Waals surface area contributed by atoms with Gasteiger partial charge in [-0.15, -0.1) is 0 Å². The third kappa shape index (κ3) is 3.92. The first-order chi connectivity index (χ1) is 10.8. The number of methoxy groups -OCH3 is 1. The van der Waals surface area contributed by atoms with Crippen LogP contribution >= 0.6 is 0 Å². The molecule has 2 aromatic rings. The summed E-state index contributed by atoms with van der Waals surface area (Å²) in [5, 5.41) is 12.5. The van der Waals surface area contributed by atoms with Crippen molar-refractivity contribution in [2.75, 3.05) is 17.1 Å². The maximum absolute atomic E-state index is 12.3. The first kappa shape index (κ1) is 16.6. The minimum atomic E-state index is -3.85. The van der Waals surface area contributed by atoms with E-state index in [1.165, 1.54) is 38.3 Å². The highest BCUT2D eigenvalue weighted by molar-refractivity contribution is 7.92. The van der Waals surface area contributed by atoms with Gasteiger partial charge in [-0.3, -0.25) is 9.52 Å². The number of hydrogen-bond acceptors (Lipinski definition) is 5. The van der Waals surface area contributed by atoms with E-state index in [4.69, 9.17) is 4.74 Å². The molecule has 0 atom stereocenters. The van der Waals surface area contributed by atoms with E-state index >= 15 is 0 Å². The van der Waals surface area contributed by atoms with Crippen LogP contribution in [-0.2, 0) is 14.8 Å². The van der Waals surface area contributed by atoms with Crippen molar-refractivity contribution in [3.8, 4) is 11.5 Å². The fraction of sp³-hybridized carbons (Fsp3) is 0.133. The Morgan fingerprint density at radius 1 is 1.13 bits per heavy atom. The normalized spacial score (nSPS) is 10.9. The minimum absolute atomic E-state index is 0.0557. The van der Waals surface area contributed by atoms with E-state index in [2.05, 4.69) is 10.0 Å². The number of benzene rings is 2. The van der Waals surface area contributed by atoms with Gasteiger partial charge in [-0.1, -0.05) is 18.2 Å². The average Bonchev–Trinajstić information content (AvgIpc) is 2.50. The zero-order valence-corrected chi connectivity index (χ0v) is 13.3. The first-order valence-corrected chi connectivity index (χ1v) is 8.08. The molecule has 0 aliphatic heterocycles. The summed E-state index contributed by atoms with van der Waals surface area (Å²) >= 11 is 0. The number of ether oxygens (including phenoxy) is 1. The molecule has 0 aromatic heterocycles. The highest BCUT2D eigenvalue weighted by atomic mass is 32.2. The van der Waals surface area contributed by atoms with Crippen molar-refractivity contribution in [1.82, 2.24) is 0 Å². The molecule has 0 aliphatic carbocycles. The fourth-order valence-corrected chi connectivity index (χ4v) is 3.00. The molecule has 1 amide bonds. The van der Waals surface area contributed by atoms with E-state index in [9.17, 15) is 18.3 Å². The maximum atomic E-state index is 12.3. The van der Waals surface area contributed by atoms with Gasteiger partial charge in [-0.05, 0) is 12.1 Å². The molecule has 0 fully saturated rings. The van der Waals surface area contributed by atoms with Crippen molar-refractivity contribution in [3.63, 3.8) is 0 Å². The molecule has 2 aromatic carbocycles. The number of phenols is 1. The lowest BCUT2D eigenvalue weighted by molar-refractivity contribution is -0.114. The zero-order chi connectivity index (χ0) is 17.0. The number of hydrogen-bond donors (Lipinski definition) is 3. The van der Waals surface area contributed by atoms with Gasteiger partial charge in [0.15, 0.2) is 0 Å². The van der Waals surface area contributed by atoms with Crippen LogP contribution in [0, 0.1) is 0 Å². The number of rotatable bonds is 5. The molecular formula is C15H16N2O5S. The second-order valence-electron chi connectivity index (χ2n) is 4.67. The van der Waals surface area contributed by atoms with E-state index in [0.29, 0.717) is 0 Å². The van der Waals surface area contributed by atoms with Crippen molar-refractivity contribution in [3.05, 3.63) is 42.5 Å². The molecule has 0 radical (unpaired) electrons. The Labute approximate surface area is 134 Å². The Bertz CT molecular complexity index is 819. The van der Waals surface area contributed by atoms with Gasteiger partial charge in [0.25, 0.3) is 10.0 Å². The van der Waals surface area contributed by atoms with Gasteiger partial charge >= 0.3 is 0 Å². The zero-order valence-electron chi connectivity index (χ0n) is 12.5. The molecule has 23 heavy (non-hydrogen) atoms. The van der Waals surface area contributed by atoms with Gasteiger partial charge in [0.2, 0.25) is 5.91 Å². The first-order valence-electron chi connectivity index (χ1n) is 6.60. The molecule has 2 rings (SSSR count). The molecule has 3 N–H and O–H groups in total. The Kier molecular flexibility index (Phi) is 4.75. The van der Waals surface area contributed by atoms with Crippen molar-refractivity contribution in [2.24, 2.45) is 0 Å². The highest BCUT2D eigenvalue weighted by Crippen LogP contribution is 2.36. The van der Waals surface area contributed by atoms with Crippen LogP contribution < -0.4 is 14.8 Å². The fourth-order valence-electron chi connectivity index (χ4n) is 1.91. The number of carbonyl (C=O) groups is 1. The number of anilines is 2. The molecule has 0 saturated heterocycles. The molecule has 8 heteroatoms. The predicted octanol–water partition coefficient (Wildman–Crippen LogP) is 2.16. The molecule has 0 unspecified atom stereocenters. The number of nitrogens with one attached hydrogen (secondary N) is 2. The second-order valence-corrected chi connectivity index (χ2v) is 6.35. The van der Waals surface area contributed by atoms with Crippen LogP contribution in [0.1, 0.15) is 6.92 Å². The summed E-state index contributed by atoms with van der Waals surface area (Å²) in [4.78, 5) is 11.2. The maximum Gasteiger partial charge on any atom is 0.262 e. The molecule has 0 saturated carbocycles. The third-order valence-corrected chi connectivity index (χ3v) is 4.31. The van der Waals surface area contributed by atoms with Gasteiger partial charge in [0.1, 0.15) is 11.5 Å².